The van der Waals surface area contributed by atoms with Gasteiger partial charge in [-0.2, -0.15) is 0 Å². The summed E-state index contributed by atoms with van der Waals surface area (Å²) < 4.78 is 5.61. The molecule has 0 saturated heterocycles. The van der Waals surface area contributed by atoms with Crippen LogP contribution in [0.15, 0.2) is 41.0 Å². The standard InChI is InChI=1S/C18H20N2O2/c1-17(2,11-19-16(21)18-8-13(18)9-18)14-10-22-15(20-14)12-6-4-3-5-7-12/h3-7,10,13H,8-9,11H2,1-2H3,(H,19,21). The first-order valence-electron chi connectivity index (χ1n) is 7.81. The molecular formula is C18H20N2O2. The number of rotatable bonds is 5. The zero-order valence-corrected chi connectivity index (χ0v) is 12.9. The fraction of sp³-hybridized carbons (Fsp3) is 0.444. The molecule has 0 spiro atoms. The van der Waals surface area contributed by atoms with Crippen molar-refractivity contribution in [3.05, 3.63) is 42.3 Å². The van der Waals surface area contributed by atoms with Crippen molar-refractivity contribution in [2.45, 2.75) is 32.1 Å². The van der Waals surface area contributed by atoms with Crippen LogP contribution in [0, 0.1) is 11.3 Å². The molecule has 22 heavy (non-hydrogen) atoms. The van der Waals surface area contributed by atoms with E-state index in [-0.39, 0.29) is 16.7 Å². The van der Waals surface area contributed by atoms with E-state index in [0.717, 1.165) is 24.1 Å². The van der Waals surface area contributed by atoms with Crippen molar-refractivity contribution >= 4 is 5.91 Å². The summed E-state index contributed by atoms with van der Waals surface area (Å²) in [5, 5.41) is 3.09. The predicted octanol–water partition coefficient (Wildman–Crippen LogP) is 3.15. The maximum atomic E-state index is 12.1. The molecule has 1 aromatic carbocycles. The first kappa shape index (κ1) is 13.6. The largest absolute Gasteiger partial charge is 0.444 e. The highest BCUT2D eigenvalue weighted by molar-refractivity contribution is 5.90. The second kappa shape index (κ2) is 4.45. The van der Waals surface area contributed by atoms with E-state index in [1.807, 2.05) is 30.3 Å². The summed E-state index contributed by atoms with van der Waals surface area (Å²) in [6.07, 6.45) is 3.87. The Hall–Kier alpha value is -2.10. The van der Waals surface area contributed by atoms with Crippen LogP contribution in [0.4, 0.5) is 0 Å². The van der Waals surface area contributed by atoms with Gasteiger partial charge in [-0.1, -0.05) is 32.0 Å². The molecule has 2 saturated carbocycles. The van der Waals surface area contributed by atoms with E-state index in [0.29, 0.717) is 18.4 Å². The number of carbonyl (C=O) groups is 1. The minimum atomic E-state index is -0.248. The van der Waals surface area contributed by atoms with Crippen molar-refractivity contribution in [3.63, 3.8) is 0 Å². The lowest BCUT2D eigenvalue weighted by Gasteiger charge is -2.22. The van der Waals surface area contributed by atoms with Gasteiger partial charge < -0.3 is 9.73 Å². The molecule has 0 atom stereocenters. The summed E-state index contributed by atoms with van der Waals surface area (Å²) in [5.41, 5.74) is 1.61. The van der Waals surface area contributed by atoms with Crippen molar-refractivity contribution in [3.8, 4) is 11.5 Å². The molecule has 4 heteroatoms. The lowest BCUT2D eigenvalue weighted by molar-refractivity contribution is -0.124. The molecule has 0 radical (unpaired) electrons. The molecule has 2 aliphatic rings. The van der Waals surface area contributed by atoms with E-state index in [1.54, 1.807) is 6.26 Å². The normalized spacial score (nSPS) is 25.5. The molecule has 1 heterocycles. The molecule has 4 rings (SSSR count). The van der Waals surface area contributed by atoms with E-state index >= 15 is 0 Å². The summed E-state index contributed by atoms with van der Waals surface area (Å²) in [5.74, 6) is 1.52. The molecule has 4 nitrogen and oxygen atoms in total. The van der Waals surface area contributed by atoms with Crippen molar-refractivity contribution in [2.75, 3.05) is 6.54 Å². The Kier molecular flexibility index (Phi) is 2.74. The van der Waals surface area contributed by atoms with Gasteiger partial charge in [-0.05, 0) is 30.9 Å². The average Bonchev–Trinajstić information content (AvgIpc) is 3.32. The van der Waals surface area contributed by atoms with Crippen LogP contribution < -0.4 is 5.32 Å². The van der Waals surface area contributed by atoms with Crippen molar-refractivity contribution in [2.24, 2.45) is 11.3 Å². The van der Waals surface area contributed by atoms with Gasteiger partial charge in [0.15, 0.2) is 0 Å². The van der Waals surface area contributed by atoms with E-state index in [9.17, 15) is 4.79 Å². The summed E-state index contributed by atoms with van der Waals surface area (Å²) in [4.78, 5) is 16.7. The van der Waals surface area contributed by atoms with Gasteiger partial charge >= 0.3 is 0 Å². The summed E-state index contributed by atoms with van der Waals surface area (Å²) in [7, 11) is 0. The molecule has 114 valence electrons. The average molecular weight is 296 g/mol. The summed E-state index contributed by atoms with van der Waals surface area (Å²) >= 11 is 0. The number of fused-ring (bicyclic) bond motifs is 1. The van der Waals surface area contributed by atoms with Crippen LogP contribution in [0.5, 0.6) is 0 Å². The number of hydrogen-bond donors (Lipinski definition) is 1. The van der Waals surface area contributed by atoms with Gasteiger partial charge in [0.2, 0.25) is 11.8 Å². The Morgan fingerprint density at radius 2 is 2.05 bits per heavy atom. The van der Waals surface area contributed by atoms with E-state index in [4.69, 9.17) is 4.42 Å². The lowest BCUT2D eigenvalue weighted by atomic mass is 9.89. The number of nitrogens with one attached hydrogen (secondary N) is 1. The molecule has 1 aromatic heterocycles. The number of carbonyl (C=O) groups excluding carboxylic acids is 1. The summed E-state index contributed by atoms with van der Waals surface area (Å²) in [6, 6.07) is 9.85. The number of hydrogen-bond acceptors (Lipinski definition) is 3. The SMILES string of the molecule is CC(C)(CNC(=O)C12CC1C2)c1coc(-c2ccccc2)n1. The Morgan fingerprint density at radius 3 is 2.68 bits per heavy atom. The first-order valence-corrected chi connectivity index (χ1v) is 7.81. The fourth-order valence-corrected chi connectivity index (χ4v) is 2.94. The zero-order valence-electron chi connectivity index (χ0n) is 12.9. The Bertz CT molecular complexity index is 712. The molecule has 0 aliphatic heterocycles. The van der Waals surface area contributed by atoms with Crippen LogP contribution in [0.2, 0.25) is 0 Å². The number of benzene rings is 1. The molecule has 2 aromatic rings. The third kappa shape index (κ3) is 2.14. The van der Waals surface area contributed by atoms with Gasteiger partial charge in [-0.15, -0.1) is 0 Å². The van der Waals surface area contributed by atoms with Crippen LogP contribution in [0.1, 0.15) is 32.4 Å². The van der Waals surface area contributed by atoms with Gasteiger partial charge in [0.1, 0.15) is 6.26 Å². The number of nitrogens with zero attached hydrogens (tertiary/aromatic N) is 1. The Morgan fingerprint density at radius 1 is 1.36 bits per heavy atom. The molecule has 1 amide bonds. The van der Waals surface area contributed by atoms with Crippen LogP contribution in [-0.4, -0.2) is 17.4 Å². The van der Waals surface area contributed by atoms with Gasteiger partial charge in [0.25, 0.3) is 0 Å². The van der Waals surface area contributed by atoms with Crippen molar-refractivity contribution in [1.29, 1.82) is 0 Å². The topological polar surface area (TPSA) is 55.1 Å². The maximum absolute atomic E-state index is 12.1. The van der Waals surface area contributed by atoms with Crippen LogP contribution in [0.3, 0.4) is 0 Å². The maximum Gasteiger partial charge on any atom is 0.226 e. The van der Waals surface area contributed by atoms with Gasteiger partial charge in [-0.3, -0.25) is 4.79 Å². The van der Waals surface area contributed by atoms with Crippen LogP contribution in [0.25, 0.3) is 11.5 Å². The van der Waals surface area contributed by atoms with E-state index < -0.39 is 0 Å². The molecule has 0 unspecified atom stereocenters. The highest BCUT2D eigenvalue weighted by atomic mass is 16.3. The number of aromatic nitrogens is 1. The highest BCUT2D eigenvalue weighted by Crippen LogP contribution is 2.75. The van der Waals surface area contributed by atoms with Crippen molar-refractivity contribution in [1.82, 2.24) is 10.3 Å². The van der Waals surface area contributed by atoms with Crippen molar-refractivity contribution < 1.29 is 9.21 Å². The molecule has 0 bridgehead atoms. The van der Waals surface area contributed by atoms with E-state index in [2.05, 4.69) is 24.1 Å². The smallest absolute Gasteiger partial charge is 0.226 e. The Labute approximate surface area is 129 Å². The Balaban J connectivity index is 1.45. The van der Waals surface area contributed by atoms with Gasteiger partial charge in [-0.25, -0.2) is 4.98 Å². The van der Waals surface area contributed by atoms with Crippen LogP contribution >= 0.6 is 0 Å². The predicted molar refractivity (Wildman–Crippen MR) is 83.1 cm³/mol. The second-order valence-electron chi connectivity index (χ2n) is 7.23. The minimum Gasteiger partial charge on any atom is -0.444 e. The monoisotopic (exact) mass is 296 g/mol. The fourth-order valence-electron chi connectivity index (χ4n) is 2.94. The van der Waals surface area contributed by atoms with Gasteiger partial charge in [0.05, 0.1) is 11.1 Å². The number of oxazole rings is 1. The zero-order chi connectivity index (χ0) is 15.4. The molecular weight excluding hydrogens is 276 g/mol. The second-order valence-corrected chi connectivity index (χ2v) is 7.23. The molecule has 2 aliphatic carbocycles. The van der Waals surface area contributed by atoms with Crippen LogP contribution in [-0.2, 0) is 10.2 Å². The molecule has 2 fully saturated rings. The highest BCUT2D eigenvalue weighted by Gasteiger charge is 2.74. The van der Waals surface area contributed by atoms with E-state index in [1.165, 1.54) is 0 Å². The third-order valence-corrected chi connectivity index (χ3v) is 5.04. The number of amides is 1. The quantitative estimate of drug-likeness (QED) is 0.922. The summed E-state index contributed by atoms with van der Waals surface area (Å²) in [6.45, 7) is 4.74. The first-order chi connectivity index (χ1) is 10.5. The lowest BCUT2D eigenvalue weighted by Crippen LogP contribution is -2.38. The third-order valence-electron chi connectivity index (χ3n) is 5.04. The minimum absolute atomic E-state index is 0.0229. The van der Waals surface area contributed by atoms with Gasteiger partial charge in [0, 0.05) is 17.5 Å². The molecule has 1 N–H and O–H groups in total.